The Morgan fingerprint density at radius 3 is 2.42 bits per heavy atom. The lowest BCUT2D eigenvalue weighted by Crippen LogP contribution is -2.48. The lowest BCUT2D eigenvalue weighted by atomic mass is 9.74. The van der Waals surface area contributed by atoms with Gasteiger partial charge in [-0.2, -0.15) is 0 Å². The van der Waals surface area contributed by atoms with Gasteiger partial charge in [0, 0.05) is 17.3 Å². The van der Waals surface area contributed by atoms with Crippen LogP contribution in [0.25, 0.3) is 0 Å². The van der Waals surface area contributed by atoms with Crippen LogP contribution in [0.1, 0.15) is 16.9 Å². The monoisotopic (exact) mass is 436 g/mol. The fourth-order valence-electron chi connectivity index (χ4n) is 4.25. The minimum Gasteiger partial charge on any atom is -0.440 e. The molecule has 9 heteroatoms. The van der Waals surface area contributed by atoms with Gasteiger partial charge < -0.3 is 20.2 Å². The highest BCUT2D eigenvalue weighted by Gasteiger charge is 2.61. The van der Waals surface area contributed by atoms with Crippen molar-refractivity contribution >= 4 is 21.4 Å². The van der Waals surface area contributed by atoms with Crippen molar-refractivity contribution in [1.29, 1.82) is 0 Å². The van der Waals surface area contributed by atoms with Crippen LogP contribution in [-0.4, -0.2) is 14.3 Å². The van der Waals surface area contributed by atoms with E-state index in [0.717, 1.165) is 0 Å². The number of nitrogens with two attached hydrogens (primary N) is 1. The van der Waals surface area contributed by atoms with Gasteiger partial charge in [-0.1, -0.05) is 36.4 Å². The molecule has 3 heterocycles. The van der Waals surface area contributed by atoms with Gasteiger partial charge in [-0.05, 0) is 25.1 Å². The Bertz CT molecular complexity index is 1460. The number of hydrogen-bond acceptors (Lipinski definition) is 7. The number of fused-ring (bicyclic) bond motifs is 4. The molecule has 2 aromatic carbocycles. The van der Waals surface area contributed by atoms with E-state index >= 15 is 0 Å². The Morgan fingerprint density at radius 1 is 1.00 bits per heavy atom. The third-order valence-corrected chi connectivity index (χ3v) is 7.38. The molecular weight excluding hydrogens is 420 g/mol. The third kappa shape index (κ3) is 2.43. The maximum atomic E-state index is 13.8. The molecule has 1 aromatic heterocycles. The van der Waals surface area contributed by atoms with Crippen molar-refractivity contribution in [3.05, 3.63) is 98.8 Å². The number of hydrogen-bond donors (Lipinski definition) is 2. The molecule has 1 spiro atoms. The predicted molar refractivity (Wildman–Crippen MR) is 111 cm³/mol. The van der Waals surface area contributed by atoms with Crippen LogP contribution in [0.2, 0.25) is 0 Å². The first-order valence-corrected chi connectivity index (χ1v) is 10.8. The molecule has 8 nitrogen and oxygen atoms in total. The van der Waals surface area contributed by atoms with Gasteiger partial charge in [0.1, 0.15) is 22.0 Å². The smallest absolute Gasteiger partial charge is 0.344 e. The van der Waals surface area contributed by atoms with Gasteiger partial charge in [0.25, 0.3) is 0 Å². The fraction of sp³-hybridized carbons (Fsp3) is 0.0909. The zero-order chi connectivity index (χ0) is 22.0. The van der Waals surface area contributed by atoms with E-state index in [1.165, 1.54) is 25.1 Å². The van der Waals surface area contributed by atoms with Crippen molar-refractivity contribution in [1.82, 2.24) is 0 Å². The Kier molecular flexibility index (Phi) is 3.90. The summed E-state index contributed by atoms with van der Waals surface area (Å²) >= 11 is 0. The fourth-order valence-corrected chi connectivity index (χ4v) is 6.01. The molecule has 156 valence electrons. The van der Waals surface area contributed by atoms with Crippen LogP contribution >= 0.6 is 0 Å². The van der Waals surface area contributed by atoms with Gasteiger partial charge >= 0.3 is 5.63 Å². The van der Waals surface area contributed by atoms with Crippen molar-refractivity contribution in [3.8, 4) is 5.75 Å². The summed E-state index contributed by atoms with van der Waals surface area (Å²) in [6, 6.07) is 15.5. The predicted octanol–water partition coefficient (Wildman–Crippen LogP) is 2.18. The molecule has 0 aliphatic carbocycles. The molecule has 0 saturated carbocycles. The van der Waals surface area contributed by atoms with Gasteiger partial charge in [0.2, 0.25) is 21.6 Å². The van der Waals surface area contributed by atoms with E-state index in [0.29, 0.717) is 5.69 Å². The average Bonchev–Trinajstić information content (AvgIpc) is 3.00. The van der Waals surface area contributed by atoms with E-state index < -0.39 is 37.6 Å². The first-order chi connectivity index (χ1) is 14.8. The molecule has 0 saturated heterocycles. The molecule has 0 bridgehead atoms. The summed E-state index contributed by atoms with van der Waals surface area (Å²) in [7, 11) is -4.36. The summed E-state index contributed by atoms with van der Waals surface area (Å²) in [5.74, 6) is -1.00. The van der Waals surface area contributed by atoms with Crippen LogP contribution in [0.4, 0.5) is 5.69 Å². The normalized spacial score (nSPS) is 19.6. The maximum Gasteiger partial charge on any atom is 0.344 e. The van der Waals surface area contributed by atoms with Crippen molar-refractivity contribution < 1.29 is 22.4 Å². The van der Waals surface area contributed by atoms with Crippen LogP contribution in [0, 0.1) is 6.92 Å². The van der Waals surface area contributed by atoms with Crippen LogP contribution in [0.15, 0.2) is 85.6 Å². The molecule has 3 N–H and O–H groups in total. The number of sulfone groups is 1. The molecule has 5 rings (SSSR count). The average molecular weight is 436 g/mol. The number of amides is 1. The second kappa shape index (κ2) is 6.32. The van der Waals surface area contributed by atoms with E-state index in [4.69, 9.17) is 14.9 Å². The Hall–Kier alpha value is -3.85. The number of carbonyl (C=O) groups is 1. The summed E-state index contributed by atoms with van der Waals surface area (Å²) < 4.78 is 38.4. The summed E-state index contributed by atoms with van der Waals surface area (Å²) in [5.41, 5.74) is 3.63. The van der Waals surface area contributed by atoms with Gasteiger partial charge in [0.15, 0.2) is 5.41 Å². The second-order valence-corrected chi connectivity index (χ2v) is 9.13. The molecule has 0 fully saturated rings. The molecule has 2 aliphatic heterocycles. The highest BCUT2D eigenvalue weighted by molar-refractivity contribution is 7.95. The first kappa shape index (κ1) is 19.1. The third-order valence-electron chi connectivity index (χ3n) is 5.44. The van der Waals surface area contributed by atoms with Crippen molar-refractivity contribution in [2.45, 2.75) is 17.2 Å². The lowest BCUT2D eigenvalue weighted by molar-refractivity contribution is -0.118. The highest BCUT2D eigenvalue weighted by Crippen LogP contribution is 2.54. The van der Waals surface area contributed by atoms with E-state index in [2.05, 4.69) is 5.32 Å². The molecular formula is C22H16N2O6S. The molecule has 1 unspecified atom stereocenters. The molecule has 3 aromatic rings. The quantitative estimate of drug-likeness (QED) is 0.630. The minimum atomic E-state index is -4.36. The van der Waals surface area contributed by atoms with Gasteiger partial charge in [-0.3, -0.25) is 4.79 Å². The van der Waals surface area contributed by atoms with Crippen molar-refractivity contribution in [2.24, 2.45) is 5.73 Å². The number of aryl methyl sites for hydroxylation is 1. The van der Waals surface area contributed by atoms with Gasteiger partial charge in [0.05, 0.1) is 4.90 Å². The molecule has 31 heavy (non-hydrogen) atoms. The lowest BCUT2D eigenvalue weighted by Gasteiger charge is -2.34. The van der Waals surface area contributed by atoms with E-state index in [9.17, 15) is 18.0 Å². The standard InChI is InChI=1S/C22H16N2O6S/c1-12-11-16-17(20(25)29-12)22(14-9-5-6-10-15(14)24-21(22)26)18(19(23)30-16)31(27,28)13-7-3-2-4-8-13/h2-11H,23H2,1H3,(H,24,26). The second-order valence-electron chi connectivity index (χ2n) is 7.25. The summed E-state index contributed by atoms with van der Waals surface area (Å²) in [4.78, 5) is 26.0. The molecule has 1 atom stereocenters. The van der Waals surface area contributed by atoms with Gasteiger partial charge in [-0.25, -0.2) is 13.2 Å². The number of benzene rings is 2. The molecule has 0 radical (unpaired) electrons. The minimum absolute atomic E-state index is 0.0230. The van der Waals surface area contributed by atoms with Crippen LogP contribution < -0.4 is 21.4 Å². The Balaban J connectivity index is 1.96. The zero-order valence-electron chi connectivity index (χ0n) is 16.2. The topological polar surface area (TPSA) is 129 Å². The number of para-hydroxylation sites is 1. The van der Waals surface area contributed by atoms with E-state index in [1.807, 2.05) is 0 Å². The zero-order valence-corrected chi connectivity index (χ0v) is 17.0. The Labute approximate surface area is 176 Å². The summed E-state index contributed by atoms with van der Waals surface area (Å²) in [5, 5.41) is 2.69. The summed E-state index contributed by atoms with van der Waals surface area (Å²) in [6.07, 6.45) is 0. The van der Waals surface area contributed by atoms with Crippen LogP contribution in [0.3, 0.4) is 0 Å². The first-order valence-electron chi connectivity index (χ1n) is 9.32. The highest BCUT2D eigenvalue weighted by atomic mass is 32.2. The van der Waals surface area contributed by atoms with Crippen LogP contribution in [0.5, 0.6) is 5.75 Å². The number of rotatable bonds is 2. The van der Waals surface area contributed by atoms with Crippen LogP contribution in [-0.2, 0) is 20.0 Å². The maximum absolute atomic E-state index is 13.8. The SMILES string of the molecule is Cc1cc2c(c(=O)o1)C1(C(=O)Nc3ccccc31)C(S(=O)(=O)c1ccccc1)=C(N)O2. The van der Waals surface area contributed by atoms with E-state index in [-0.39, 0.29) is 27.5 Å². The number of ether oxygens (including phenoxy) is 1. The van der Waals surface area contributed by atoms with E-state index in [1.54, 1.807) is 42.5 Å². The molecule has 1 amide bonds. The van der Waals surface area contributed by atoms with Gasteiger partial charge in [-0.15, -0.1) is 0 Å². The molecule has 2 aliphatic rings. The van der Waals surface area contributed by atoms with Crippen molar-refractivity contribution in [3.63, 3.8) is 0 Å². The number of carbonyl (C=O) groups excluding carboxylic acids is 1. The number of anilines is 1. The van der Waals surface area contributed by atoms with Crippen molar-refractivity contribution in [2.75, 3.05) is 5.32 Å². The summed E-state index contributed by atoms with van der Waals surface area (Å²) in [6.45, 7) is 1.54. The Morgan fingerprint density at radius 2 is 1.68 bits per heavy atom. The largest absolute Gasteiger partial charge is 0.440 e. The number of nitrogens with one attached hydrogen (secondary N) is 1.